The number of nitrogens with one attached hydrogen (secondary N) is 1. The van der Waals surface area contributed by atoms with Crippen molar-refractivity contribution in [3.8, 4) is 0 Å². The van der Waals surface area contributed by atoms with Gasteiger partial charge < -0.3 is 5.32 Å². The van der Waals surface area contributed by atoms with Crippen LogP contribution in [-0.4, -0.2) is 42.8 Å². The fourth-order valence-corrected chi connectivity index (χ4v) is 2.43. The van der Waals surface area contributed by atoms with Crippen LogP contribution in [-0.2, 0) is 0 Å². The molecule has 2 nitrogen and oxygen atoms in total. The number of alkyl halides is 1. The van der Waals surface area contributed by atoms with E-state index in [-0.39, 0.29) is 12.2 Å². The standard InChI is InChI=1S/C14H29FN2/c1-14(2,3)16-12-13-8-7-11-17(13)10-6-4-5-9-15/h13,16H,4-12H2,1-3H3. The van der Waals surface area contributed by atoms with E-state index < -0.39 is 0 Å². The predicted molar refractivity (Wildman–Crippen MR) is 72.2 cm³/mol. The van der Waals surface area contributed by atoms with E-state index in [2.05, 4.69) is 31.0 Å². The molecular weight excluding hydrogens is 215 g/mol. The van der Waals surface area contributed by atoms with Gasteiger partial charge in [0.05, 0.1) is 6.67 Å². The topological polar surface area (TPSA) is 15.3 Å². The van der Waals surface area contributed by atoms with Crippen LogP contribution in [0.4, 0.5) is 4.39 Å². The van der Waals surface area contributed by atoms with Gasteiger partial charge in [-0.15, -0.1) is 0 Å². The van der Waals surface area contributed by atoms with Crippen LogP contribution in [0.3, 0.4) is 0 Å². The maximum absolute atomic E-state index is 12.0. The summed E-state index contributed by atoms with van der Waals surface area (Å²) in [5.74, 6) is 0. The second-order valence-electron chi connectivity index (χ2n) is 6.21. The maximum atomic E-state index is 12.0. The number of hydrogen-bond acceptors (Lipinski definition) is 2. The fraction of sp³-hybridized carbons (Fsp3) is 1.00. The van der Waals surface area contributed by atoms with E-state index in [1.807, 2.05) is 0 Å². The van der Waals surface area contributed by atoms with E-state index in [4.69, 9.17) is 0 Å². The molecule has 17 heavy (non-hydrogen) atoms. The Balaban J connectivity index is 2.19. The third-order valence-corrected chi connectivity index (χ3v) is 3.45. The van der Waals surface area contributed by atoms with Gasteiger partial charge in [-0.2, -0.15) is 0 Å². The summed E-state index contributed by atoms with van der Waals surface area (Å²) in [5.41, 5.74) is 0.211. The monoisotopic (exact) mass is 244 g/mol. The van der Waals surface area contributed by atoms with Crippen molar-refractivity contribution >= 4 is 0 Å². The lowest BCUT2D eigenvalue weighted by Gasteiger charge is -2.29. The van der Waals surface area contributed by atoms with Gasteiger partial charge in [-0.05, 0) is 66.0 Å². The smallest absolute Gasteiger partial charge is 0.0894 e. The molecule has 1 N–H and O–H groups in total. The number of unbranched alkanes of at least 4 members (excludes halogenated alkanes) is 2. The second-order valence-corrected chi connectivity index (χ2v) is 6.21. The van der Waals surface area contributed by atoms with Gasteiger partial charge >= 0.3 is 0 Å². The quantitative estimate of drug-likeness (QED) is 0.693. The molecule has 0 spiro atoms. The minimum atomic E-state index is -0.158. The van der Waals surface area contributed by atoms with Gasteiger partial charge in [-0.3, -0.25) is 9.29 Å². The Bertz CT molecular complexity index is 201. The van der Waals surface area contributed by atoms with Crippen molar-refractivity contribution in [3.63, 3.8) is 0 Å². The van der Waals surface area contributed by atoms with Crippen LogP contribution < -0.4 is 5.32 Å². The summed E-state index contributed by atoms with van der Waals surface area (Å²) >= 11 is 0. The molecule has 0 aromatic rings. The molecule has 0 saturated carbocycles. The average molecular weight is 244 g/mol. The molecule has 1 aliphatic rings. The van der Waals surface area contributed by atoms with Crippen molar-refractivity contribution in [2.75, 3.05) is 26.3 Å². The fourth-order valence-electron chi connectivity index (χ4n) is 2.43. The Morgan fingerprint density at radius 3 is 2.65 bits per heavy atom. The first-order chi connectivity index (χ1) is 8.03. The molecule has 0 aromatic heterocycles. The van der Waals surface area contributed by atoms with Gasteiger partial charge in [0, 0.05) is 18.1 Å². The van der Waals surface area contributed by atoms with Crippen LogP contribution in [0, 0.1) is 0 Å². The zero-order chi connectivity index (χ0) is 12.7. The van der Waals surface area contributed by atoms with Crippen molar-refractivity contribution < 1.29 is 4.39 Å². The zero-order valence-electron chi connectivity index (χ0n) is 11.8. The molecule has 1 heterocycles. The van der Waals surface area contributed by atoms with Crippen LogP contribution in [0.15, 0.2) is 0 Å². The molecule has 1 rings (SSSR count). The Kier molecular flexibility index (Phi) is 6.42. The number of halogens is 1. The third-order valence-electron chi connectivity index (χ3n) is 3.45. The number of rotatable bonds is 7. The molecule has 3 heteroatoms. The number of hydrogen-bond donors (Lipinski definition) is 1. The molecule has 1 aliphatic heterocycles. The van der Waals surface area contributed by atoms with E-state index in [0.717, 1.165) is 32.4 Å². The zero-order valence-corrected chi connectivity index (χ0v) is 11.8. The van der Waals surface area contributed by atoms with Crippen molar-refractivity contribution in [1.82, 2.24) is 10.2 Å². The lowest BCUT2D eigenvalue weighted by Crippen LogP contribution is -2.45. The van der Waals surface area contributed by atoms with Crippen LogP contribution in [0.5, 0.6) is 0 Å². The molecule has 102 valence electrons. The first kappa shape index (κ1) is 14.9. The van der Waals surface area contributed by atoms with Gasteiger partial charge in [-0.25, -0.2) is 0 Å². The van der Waals surface area contributed by atoms with Crippen LogP contribution in [0.25, 0.3) is 0 Å². The SMILES string of the molecule is CC(C)(C)NCC1CCCN1CCCCCF. The largest absolute Gasteiger partial charge is 0.311 e. The Hall–Kier alpha value is -0.150. The summed E-state index contributed by atoms with van der Waals surface area (Å²) in [6, 6.07) is 0.694. The minimum Gasteiger partial charge on any atom is -0.311 e. The summed E-state index contributed by atoms with van der Waals surface area (Å²) in [4.78, 5) is 2.58. The minimum absolute atomic E-state index is 0.158. The summed E-state index contributed by atoms with van der Waals surface area (Å²) < 4.78 is 12.0. The van der Waals surface area contributed by atoms with Gasteiger partial charge in [0.1, 0.15) is 0 Å². The first-order valence-corrected chi connectivity index (χ1v) is 7.08. The summed E-state index contributed by atoms with van der Waals surface area (Å²) in [6.45, 7) is 9.96. The second kappa shape index (κ2) is 7.32. The van der Waals surface area contributed by atoms with Gasteiger partial charge in [0.2, 0.25) is 0 Å². The van der Waals surface area contributed by atoms with Crippen molar-refractivity contribution in [2.24, 2.45) is 0 Å². The Morgan fingerprint density at radius 2 is 2.00 bits per heavy atom. The molecule has 0 radical (unpaired) electrons. The summed E-state index contributed by atoms with van der Waals surface area (Å²) in [6.07, 6.45) is 5.55. The maximum Gasteiger partial charge on any atom is 0.0894 e. The van der Waals surface area contributed by atoms with Gasteiger partial charge in [-0.1, -0.05) is 0 Å². The molecule has 1 unspecified atom stereocenters. The molecule has 0 aliphatic carbocycles. The molecule has 0 bridgehead atoms. The van der Waals surface area contributed by atoms with E-state index in [9.17, 15) is 4.39 Å². The van der Waals surface area contributed by atoms with Crippen molar-refractivity contribution in [3.05, 3.63) is 0 Å². The van der Waals surface area contributed by atoms with E-state index >= 15 is 0 Å². The van der Waals surface area contributed by atoms with E-state index in [1.165, 1.54) is 19.4 Å². The molecular formula is C14H29FN2. The van der Waals surface area contributed by atoms with Crippen molar-refractivity contribution in [1.29, 1.82) is 0 Å². The van der Waals surface area contributed by atoms with E-state index in [0.29, 0.717) is 6.04 Å². The van der Waals surface area contributed by atoms with Crippen LogP contribution >= 0.6 is 0 Å². The number of nitrogens with zero attached hydrogens (tertiary/aromatic N) is 1. The summed E-state index contributed by atoms with van der Waals surface area (Å²) in [5, 5.41) is 3.59. The van der Waals surface area contributed by atoms with Crippen LogP contribution in [0.1, 0.15) is 52.9 Å². The molecule has 1 atom stereocenters. The van der Waals surface area contributed by atoms with E-state index in [1.54, 1.807) is 0 Å². The highest BCUT2D eigenvalue weighted by atomic mass is 19.1. The molecule has 1 fully saturated rings. The molecule has 1 saturated heterocycles. The predicted octanol–water partition coefficient (Wildman–Crippen LogP) is 2.98. The highest BCUT2D eigenvalue weighted by Crippen LogP contribution is 2.18. The summed E-state index contributed by atoms with van der Waals surface area (Å²) in [7, 11) is 0. The first-order valence-electron chi connectivity index (χ1n) is 7.08. The molecule has 0 aromatic carbocycles. The molecule has 0 amide bonds. The van der Waals surface area contributed by atoms with Gasteiger partial charge in [0.15, 0.2) is 0 Å². The lowest BCUT2D eigenvalue weighted by atomic mass is 10.1. The number of likely N-dealkylation sites (tertiary alicyclic amines) is 1. The van der Waals surface area contributed by atoms with Gasteiger partial charge in [0.25, 0.3) is 0 Å². The highest BCUT2D eigenvalue weighted by molar-refractivity contribution is 4.83. The highest BCUT2D eigenvalue weighted by Gasteiger charge is 2.24. The third kappa shape index (κ3) is 6.37. The normalized spacial score (nSPS) is 22.2. The average Bonchev–Trinajstić information content (AvgIpc) is 2.68. The lowest BCUT2D eigenvalue weighted by molar-refractivity contribution is 0.228. The Labute approximate surface area is 106 Å². The van der Waals surface area contributed by atoms with Crippen LogP contribution in [0.2, 0.25) is 0 Å². The Morgan fingerprint density at radius 1 is 1.24 bits per heavy atom. The van der Waals surface area contributed by atoms with Crippen molar-refractivity contribution in [2.45, 2.75) is 64.5 Å².